The molecule has 0 atom stereocenters. The van der Waals surface area contributed by atoms with Crippen LogP contribution in [0.5, 0.6) is 17.2 Å². The smallest absolute Gasteiger partial charge is 0.344 e. The first-order chi connectivity index (χ1) is 17.2. The van der Waals surface area contributed by atoms with Crippen molar-refractivity contribution in [2.75, 3.05) is 27.4 Å². The molecule has 10 nitrogen and oxygen atoms in total. The summed E-state index contributed by atoms with van der Waals surface area (Å²) >= 11 is 8.98. The number of aliphatic carboxylic acids is 1. The SMILES string of the molecule is CCOC(=O)COc1c(I)cc(/C=C(\Sc2n[nH]c(-c3cc(Cl)ccc3OC)n2)C(=O)O)cc1OC. The Labute approximate surface area is 229 Å². The van der Waals surface area contributed by atoms with E-state index in [-0.39, 0.29) is 23.3 Å². The number of benzene rings is 2. The van der Waals surface area contributed by atoms with Gasteiger partial charge in [0.2, 0.25) is 5.16 Å². The summed E-state index contributed by atoms with van der Waals surface area (Å²) in [4.78, 5) is 28.0. The Bertz CT molecular complexity index is 1300. The number of aromatic nitrogens is 3. The van der Waals surface area contributed by atoms with Crippen molar-refractivity contribution in [3.63, 3.8) is 0 Å². The first-order valence-electron chi connectivity index (χ1n) is 10.3. The average molecular weight is 646 g/mol. The maximum atomic E-state index is 12.0. The van der Waals surface area contributed by atoms with Gasteiger partial charge in [-0.25, -0.2) is 14.6 Å². The van der Waals surface area contributed by atoms with Crippen LogP contribution in [-0.2, 0) is 14.3 Å². The van der Waals surface area contributed by atoms with E-state index in [1.807, 2.05) is 22.6 Å². The molecule has 2 aromatic carbocycles. The number of H-pyrrole nitrogens is 1. The fraction of sp³-hybridized carbons (Fsp3) is 0.217. The number of esters is 1. The molecule has 1 heterocycles. The second-order valence-corrected chi connectivity index (χ2v) is 9.46. The van der Waals surface area contributed by atoms with Crippen LogP contribution in [0.3, 0.4) is 0 Å². The van der Waals surface area contributed by atoms with Crippen molar-refractivity contribution >= 4 is 64.0 Å². The minimum absolute atomic E-state index is 0.0309. The lowest BCUT2D eigenvalue weighted by molar-refractivity contribution is -0.145. The van der Waals surface area contributed by atoms with Crippen molar-refractivity contribution in [2.45, 2.75) is 12.1 Å². The molecule has 0 amide bonds. The lowest BCUT2D eigenvalue weighted by atomic mass is 10.2. The van der Waals surface area contributed by atoms with Gasteiger partial charge in [-0.05, 0) is 83.2 Å². The van der Waals surface area contributed by atoms with E-state index in [4.69, 9.17) is 30.5 Å². The van der Waals surface area contributed by atoms with Crippen LogP contribution in [0.2, 0.25) is 5.02 Å². The van der Waals surface area contributed by atoms with Gasteiger partial charge in [0.1, 0.15) is 10.7 Å². The second kappa shape index (κ2) is 12.8. The molecule has 36 heavy (non-hydrogen) atoms. The van der Waals surface area contributed by atoms with Crippen LogP contribution in [0.4, 0.5) is 0 Å². The molecule has 0 radical (unpaired) electrons. The van der Waals surface area contributed by atoms with E-state index >= 15 is 0 Å². The average Bonchev–Trinajstić information content (AvgIpc) is 3.31. The second-order valence-electron chi connectivity index (χ2n) is 6.85. The standard InChI is InChI=1S/C23H21ClIN3O7S/c1-4-34-19(29)11-35-20-15(25)7-12(8-17(20)33-3)9-18(22(30)31)36-23-26-21(27-28-23)14-10-13(24)5-6-16(14)32-2/h5-10H,4,11H2,1-3H3,(H,30,31)(H,26,27,28)/b18-9-. The first-order valence-corrected chi connectivity index (χ1v) is 12.6. The molecular weight excluding hydrogens is 625 g/mol. The number of rotatable bonds is 11. The predicted molar refractivity (Wildman–Crippen MR) is 143 cm³/mol. The fourth-order valence-corrected chi connectivity index (χ4v) is 4.62. The third-order valence-electron chi connectivity index (χ3n) is 4.48. The van der Waals surface area contributed by atoms with Crippen molar-refractivity contribution in [3.05, 3.63) is 49.4 Å². The van der Waals surface area contributed by atoms with E-state index in [2.05, 4.69) is 15.2 Å². The molecule has 0 fully saturated rings. The maximum Gasteiger partial charge on any atom is 0.344 e. The van der Waals surface area contributed by atoms with Gasteiger partial charge >= 0.3 is 11.9 Å². The van der Waals surface area contributed by atoms with Gasteiger partial charge in [-0.3, -0.25) is 5.10 Å². The molecule has 2 N–H and O–H groups in total. The Morgan fingerprint density at radius 2 is 1.94 bits per heavy atom. The van der Waals surface area contributed by atoms with E-state index in [1.165, 1.54) is 20.3 Å². The van der Waals surface area contributed by atoms with Gasteiger partial charge in [-0.1, -0.05) is 11.6 Å². The molecule has 0 aliphatic heterocycles. The molecule has 1 aromatic heterocycles. The summed E-state index contributed by atoms with van der Waals surface area (Å²) in [5.74, 6) is -0.0790. The molecule has 3 rings (SSSR count). The summed E-state index contributed by atoms with van der Waals surface area (Å²) in [6.07, 6.45) is 1.46. The molecule has 190 valence electrons. The summed E-state index contributed by atoms with van der Waals surface area (Å²) in [5, 5.41) is 17.4. The zero-order valence-corrected chi connectivity index (χ0v) is 23.1. The number of aromatic amines is 1. The number of halogens is 2. The van der Waals surface area contributed by atoms with E-state index in [0.717, 1.165) is 11.8 Å². The maximum absolute atomic E-state index is 12.0. The normalized spacial score (nSPS) is 11.2. The quantitative estimate of drug-likeness (QED) is 0.128. The summed E-state index contributed by atoms with van der Waals surface area (Å²) in [6.45, 7) is 1.67. The van der Waals surface area contributed by atoms with Crippen LogP contribution in [0, 0.1) is 3.57 Å². The molecule has 0 saturated carbocycles. The molecule has 0 bridgehead atoms. The van der Waals surface area contributed by atoms with Crippen molar-refractivity contribution in [2.24, 2.45) is 0 Å². The Hall–Kier alpha value is -2.97. The Morgan fingerprint density at radius 1 is 1.19 bits per heavy atom. The molecule has 13 heteroatoms. The molecule has 3 aromatic rings. The summed E-state index contributed by atoms with van der Waals surface area (Å²) in [7, 11) is 2.97. The van der Waals surface area contributed by atoms with Gasteiger partial charge in [0.05, 0.1) is 30.0 Å². The van der Waals surface area contributed by atoms with Gasteiger partial charge in [0.15, 0.2) is 23.9 Å². The number of carbonyl (C=O) groups is 2. The van der Waals surface area contributed by atoms with Crippen LogP contribution in [0.15, 0.2) is 40.4 Å². The van der Waals surface area contributed by atoms with Gasteiger partial charge in [-0.15, -0.1) is 5.10 Å². The third-order valence-corrected chi connectivity index (χ3v) is 6.40. The highest BCUT2D eigenvalue weighted by atomic mass is 127. The number of hydrogen-bond acceptors (Lipinski definition) is 9. The largest absolute Gasteiger partial charge is 0.496 e. The van der Waals surface area contributed by atoms with Gasteiger partial charge in [0.25, 0.3) is 0 Å². The highest BCUT2D eigenvalue weighted by molar-refractivity contribution is 14.1. The highest BCUT2D eigenvalue weighted by Crippen LogP contribution is 2.36. The van der Waals surface area contributed by atoms with Crippen LogP contribution in [0.25, 0.3) is 17.5 Å². The number of nitrogens with zero attached hydrogens (tertiary/aromatic N) is 2. The molecular formula is C23H21ClIN3O7S. The van der Waals surface area contributed by atoms with Crippen molar-refractivity contribution in [3.8, 4) is 28.6 Å². The number of hydrogen-bond donors (Lipinski definition) is 2. The van der Waals surface area contributed by atoms with Crippen LogP contribution < -0.4 is 14.2 Å². The lowest BCUT2D eigenvalue weighted by Crippen LogP contribution is -2.15. The van der Waals surface area contributed by atoms with Crippen molar-refractivity contribution < 1.29 is 33.6 Å². The Kier molecular flexibility index (Phi) is 9.84. The van der Waals surface area contributed by atoms with Crippen LogP contribution in [-0.4, -0.2) is 59.7 Å². The highest BCUT2D eigenvalue weighted by Gasteiger charge is 2.18. The van der Waals surface area contributed by atoms with Gasteiger partial charge < -0.3 is 24.1 Å². The van der Waals surface area contributed by atoms with Crippen molar-refractivity contribution in [1.82, 2.24) is 15.2 Å². The molecule has 0 unspecified atom stereocenters. The fourth-order valence-electron chi connectivity index (χ4n) is 2.96. The minimum atomic E-state index is -1.16. The third kappa shape index (κ3) is 7.04. The van der Waals surface area contributed by atoms with E-state index < -0.39 is 11.9 Å². The number of ether oxygens (including phenoxy) is 4. The lowest BCUT2D eigenvalue weighted by Gasteiger charge is -2.13. The number of carbonyl (C=O) groups excluding carboxylic acids is 1. The minimum Gasteiger partial charge on any atom is -0.496 e. The number of methoxy groups -OCH3 is 2. The molecule has 0 aliphatic carbocycles. The Balaban J connectivity index is 1.86. The number of carboxylic acids is 1. The number of carboxylic acid groups (broad SMARTS) is 1. The molecule has 0 aliphatic rings. The number of thioether (sulfide) groups is 1. The molecule has 0 spiro atoms. The van der Waals surface area contributed by atoms with Gasteiger partial charge in [0, 0.05) is 5.02 Å². The summed E-state index contributed by atoms with van der Waals surface area (Å²) < 4.78 is 21.8. The topological polar surface area (TPSA) is 133 Å². The Morgan fingerprint density at radius 3 is 2.61 bits per heavy atom. The zero-order valence-electron chi connectivity index (χ0n) is 19.3. The van der Waals surface area contributed by atoms with E-state index in [9.17, 15) is 14.7 Å². The van der Waals surface area contributed by atoms with E-state index in [0.29, 0.717) is 42.8 Å². The summed E-state index contributed by atoms with van der Waals surface area (Å²) in [5.41, 5.74) is 1.12. The first kappa shape index (κ1) is 27.6. The zero-order chi connectivity index (χ0) is 26.2. The van der Waals surface area contributed by atoms with Crippen LogP contribution >= 0.6 is 46.0 Å². The molecule has 0 saturated heterocycles. The monoisotopic (exact) mass is 645 g/mol. The van der Waals surface area contributed by atoms with Gasteiger partial charge in [-0.2, -0.15) is 0 Å². The van der Waals surface area contributed by atoms with Crippen molar-refractivity contribution in [1.29, 1.82) is 0 Å². The summed E-state index contributed by atoms with van der Waals surface area (Å²) in [6, 6.07) is 8.36. The number of nitrogens with one attached hydrogen (secondary N) is 1. The predicted octanol–water partition coefficient (Wildman–Crippen LogP) is 4.91. The van der Waals surface area contributed by atoms with Crippen LogP contribution in [0.1, 0.15) is 12.5 Å². The van der Waals surface area contributed by atoms with E-state index in [1.54, 1.807) is 37.3 Å².